The quantitative estimate of drug-likeness (QED) is 0.760. The highest BCUT2D eigenvalue weighted by molar-refractivity contribution is 5.79. The smallest absolute Gasteiger partial charge is 0.223 e. The van der Waals surface area contributed by atoms with E-state index in [2.05, 4.69) is 33.0 Å². The summed E-state index contributed by atoms with van der Waals surface area (Å²) in [5.41, 5.74) is 0.0206. The molecule has 15 heavy (non-hydrogen) atoms. The highest BCUT2D eigenvalue weighted by atomic mass is 16.5. The van der Waals surface area contributed by atoms with Crippen LogP contribution >= 0.6 is 0 Å². The van der Waals surface area contributed by atoms with E-state index in [-0.39, 0.29) is 23.3 Å². The fourth-order valence-corrected chi connectivity index (χ4v) is 1.55. The fraction of sp³-hybridized carbons (Fsp3) is 0.917. The van der Waals surface area contributed by atoms with Gasteiger partial charge in [0.1, 0.15) is 0 Å². The zero-order valence-corrected chi connectivity index (χ0v) is 10.5. The predicted octanol–water partition coefficient (Wildman–Crippen LogP) is 1.82. The van der Waals surface area contributed by atoms with Crippen LogP contribution < -0.4 is 5.32 Å². The molecule has 1 amide bonds. The van der Waals surface area contributed by atoms with Gasteiger partial charge in [-0.05, 0) is 5.41 Å². The van der Waals surface area contributed by atoms with E-state index in [4.69, 9.17) is 4.74 Å². The van der Waals surface area contributed by atoms with Crippen molar-refractivity contribution in [1.29, 1.82) is 0 Å². The molecule has 0 saturated carbocycles. The first kappa shape index (κ1) is 12.5. The fourth-order valence-electron chi connectivity index (χ4n) is 1.55. The number of hydrogen-bond acceptors (Lipinski definition) is 2. The summed E-state index contributed by atoms with van der Waals surface area (Å²) in [6, 6.07) is 0.197. The van der Waals surface area contributed by atoms with Gasteiger partial charge in [0.2, 0.25) is 5.91 Å². The van der Waals surface area contributed by atoms with Gasteiger partial charge in [0.05, 0.1) is 19.3 Å². The van der Waals surface area contributed by atoms with Crippen LogP contribution in [-0.2, 0) is 9.53 Å². The molecule has 0 bridgehead atoms. The van der Waals surface area contributed by atoms with Crippen molar-refractivity contribution in [3.63, 3.8) is 0 Å². The highest BCUT2D eigenvalue weighted by Crippen LogP contribution is 2.26. The minimum Gasteiger partial charge on any atom is -0.379 e. The van der Waals surface area contributed by atoms with Gasteiger partial charge in [-0.2, -0.15) is 0 Å². The Morgan fingerprint density at radius 3 is 2.40 bits per heavy atom. The molecule has 1 fully saturated rings. The van der Waals surface area contributed by atoms with Crippen molar-refractivity contribution in [2.24, 2.45) is 17.3 Å². The standard InChI is InChI=1S/C12H23NO2/c1-8-6-15-7-10(8)13-11(14)9(2)12(3,4)5/h8-10H,6-7H2,1-5H3,(H,13,14). The molecule has 3 atom stereocenters. The lowest BCUT2D eigenvalue weighted by Crippen LogP contribution is -2.44. The van der Waals surface area contributed by atoms with Gasteiger partial charge in [0.25, 0.3) is 0 Å². The highest BCUT2D eigenvalue weighted by Gasteiger charge is 2.31. The lowest BCUT2D eigenvalue weighted by atomic mass is 9.81. The van der Waals surface area contributed by atoms with Gasteiger partial charge in [-0.3, -0.25) is 4.79 Å². The van der Waals surface area contributed by atoms with Gasteiger partial charge >= 0.3 is 0 Å². The molecule has 0 aromatic heterocycles. The van der Waals surface area contributed by atoms with Crippen LogP contribution in [0, 0.1) is 17.3 Å². The average Bonchev–Trinajstić information content (AvgIpc) is 2.49. The molecule has 1 heterocycles. The Morgan fingerprint density at radius 2 is 2.00 bits per heavy atom. The van der Waals surface area contributed by atoms with Crippen molar-refractivity contribution in [2.75, 3.05) is 13.2 Å². The number of hydrogen-bond donors (Lipinski definition) is 1. The Morgan fingerprint density at radius 1 is 1.40 bits per heavy atom. The minimum absolute atomic E-state index is 0.0206. The molecule has 0 spiro atoms. The van der Waals surface area contributed by atoms with Crippen LogP contribution in [0.2, 0.25) is 0 Å². The van der Waals surface area contributed by atoms with Crippen LogP contribution in [0.4, 0.5) is 0 Å². The monoisotopic (exact) mass is 213 g/mol. The van der Waals surface area contributed by atoms with Crippen LogP contribution in [0.5, 0.6) is 0 Å². The van der Waals surface area contributed by atoms with Gasteiger partial charge in [0, 0.05) is 11.8 Å². The molecule has 0 aromatic rings. The van der Waals surface area contributed by atoms with Crippen molar-refractivity contribution in [1.82, 2.24) is 5.32 Å². The zero-order chi connectivity index (χ0) is 11.6. The van der Waals surface area contributed by atoms with Crippen molar-refractivity contribution in [3.8, 4) is 0 Å². The Labute approximate surface area is 92.6 Å². The molecule has 1 rings (SSSR count). The molecular formula is C12H23NO2. The van der Waals surface area contributed by atoms with Gasteiger partial charge in [-0.1, -0.05) is 34.6 Å². The summed E-state index contributed by atoms with van der Waals surface area (Å²) in [5, 5.41) is 3.07. The molecule has 3 nitrogen and oxygen atoms in total. The number of amides is 1. The first-order valence-corrected chi connectivity index (χ1v) is 5.70. The Kier molecular flexibility index (Phi) is 3.77. The van der Waals surface area contributed by atoms with Crippen LogP contribution in [0.3, 0.4) is 0 Å². The second-order valence-electron chi connectivity index (χ2n) is 5.72. The van der Waals surface area contributed by atoms with Gasteiger partial charge in [-0.25, -0.2) is 0 Å². The molecule has 3 unspecified atom stereocenters. The summed E-state index contributed by atoms with van der Waals surface area (Å²) >= 11 is 0. The third-order valence-corrected chi connectivity index (χ3v) is 3.39. The van der Waals surface area contributed by atoms with E-state index in [1.807, 2.05) is 6.92 Å². The number of nitrogens with one attached hydrogen (secondary N) is 1. The van der Waals surface area contributed by atoms with Gasteiger partial charge in [-0.15, -0.1) is 0 Å². The first-order valence-electron chi connectivity index (χ1n) is 5.70. The van der Waals surface area contributed by atoms with Crippen molar-refractivity contribution < 1.29 is 9.53 Å². The average molecular weight is 213 g/mol. The van der Waals surface area contributed by atoms with Gasteiger partial charge in [0.15, 0.2) is 0 Å². The van der Waals surface area contributed by atoms with E-state index < -0.39 is 0 Å². The SMILES string of the molecule is CC1COCC1NC(=O)C(C)C(C)(C)C. The normalized spacial score (nSPS) is 28.9. The van der Waals surface area contributed by atoms with E-state index in [9.17, 15) is 4.79 Å². The Bertz CT molecular complexity index is 232. The van der Waals surface area contributed by atoms with Crippen molar-refractivity contribution in [3.05, 3.63) is 0 Å². The van der Waals surface area contributed by atoms with E-state index in [0.29, 0.717) is 12.5 Å². The molecule has 3 heteroatoms. The van der Waals surface area contributed by atoms with Gasteiger partial charge < -0.3 is 10.1 Å². The lowest BCUT2D eigenvalue weighted by molar-refractivity contribution is -0.128. The molecule has 1 aliphatic heterocycles. The number of ether oxygens (including phenoxy) is 1. The largest absolute Gasteiger partial charge is 0.379 e. The first-order chi connectivity index (χ1) is 6.82. The predicted molar refractivity (Wildman–Crippen MR) is 60.5 cm³/mol. The molecule has 88 valence electrons. The maximum Gasteiger partial charge on any atom is 0.223 e. The summed E-state index contributed by atoms with van der Waals surface area (Å²) in [6.45, 7) is 11.8. The molecule has 0 aliphatic carbocycles. The summed E-state index contributed by atoms with van der Waals surface area (Å²) in [6.07, 6.45) is 0. The van der Waals surface area contributed by atoms with Crippen LogP contribution in [0.25, 0.3) is 0 Å². The maximum absolute atomic E-state index is 11.9. The molecule has 1 aliphatic rings. The topological polar surface area (TPSA) is 38.3 Å². The van der Waals surface area contributed by atoms with E-state index >= 15 is 0 Å². The van der Waals surface area contributed by atoms with Crippen molar-refractivity contribution in [2.45, 2.75) is 40.7 Å². The summed E-state index contributed by atoms with van der Waals surface area (Å²) in [5.74, 6) is 0.608. The number of carbonyl (C=O) groups is 1. The zero-order valence-electron chi connectivity index (χ0n) is 10.5. The van der Waals surface area contributed by atoms with Crippen LogP contribution in [0.1, 0.15) is 34.6 Å². The summed E-state index contributed by atoms with van der Waals surface area (Å²) < 4.78 is 5.32. The molecule has 1 saturated heterocycles. The Hall–Kier alpha value is -0.570. The summed E-state index contributed by atoms with van der Waals surface area (Å²) in [7, 11) is 0. The molecule has 0 aromatic carbocycles. The second-order valence-corrected chi connectivity index (χ2v) is 5.72. The Balaban J connectivity index is 2.48. The lowest BCUT2D eigenvalue weighted by Gasteiger charge is -2.28. The number of carbonyl (C=O) groups excluding carboxylic acids is 1. The van der Waals surface area contributed by atoms with Crippen LogP contribution in [0.15, 0.2) is 0 Å². The number of rotatable bonds is 2. The minimum atomic E-state index is 0.0206. The molecule has 1 N–H and O–H groups in total. The maximum atomic E-state index is 11.9. The van der Waals surface area contributed by atoms with E-state index in [0.717, 1.165) is 6.61 Å². The third kappa shape index (κ3) is 3.20. The van der Waals surface area contributed by atoms with Crippen LogP contribution in [-0.4, -0.2) is 25.2 Å². The van der Waals surface area contributed by atoms with E-state index in [1.165, 1.54) is 0 Å². The molecule has 0 radical (unpaired) electrons. The second kappa shape index (κ2) is 4.52. The third-order valence-electron chi connectivity index (χ3n) is 3.39. The molecular weight excluding hydrogens is 190 g/mol. The van der Waals surface area contributed by atoms with E-state index in [1.54, 1.807) is 0 Å². The van der Waals surface area contributed by atoms with Crippen molar-refractivity contribution >= 4 is 5.91 Å². The summed E-state index contributed by atoms with van der Waals surface area (Å²) in [4.78, 5) is 11.9.